The Morgan fingerprint density at radius 3 is 2.28 bits per heavy atom. The molecule has 0 saturated heterocycles. The molecule has 0 atom stereocenters. The Balaban J connectivity index is 1.89. The normalized spacial score (nSPS) is 10.2. The number of benzene rings is 2. The number of nitrogens with zero attached hydrogens (tertiary/aromatic N) is 2. The Labute approximate surface area is 153 Å². The number of para-hydroxylation sites is 2. The van der Waals surface area contributed by atoms with E-state index in [9.17, 15) is 9.59 Å². The van der Waals surface area contributed by atoms with Gasteiger partial charge in [0.2, 0.25) is 11.8 Å². The van der Waals surface area contributed by atoms with Crippen LogP contribution in [0.3, 0.4) is 0 Å². The molecule has 0 aromatic heterocycles. The molecular weight excluding hydrogens is 334 g/mol. The third-order valence-corrected chi connectivity index (χ3v) is 4.55. The van der Waals surface area contributed by atoms with Gasteiger partial charge < -0.3 is 15.1 Å². The summed E-state index contributed by atoms with van der Waals surface area (Å²) in [5.41, 5.74) is 1.73. The fourth-order valence-electron chi connectivity index (χ4n) is 2.34. The summed E-state index contributed by atoms with van der Waals surface area (Å²) < 4.78 is 0. The molecule has 2 rings (SSSR count). The lowest BCUT2D eigenvalue weighted by Crippen LogP contribution is -2.40. The third kappa shape index (κ3) is 5.53. The first kappa shape index (κ1) is 18.9. The van der Waals surface area contributed by atoms with Gasteiger partial charge in [-0.1, -0.05) is 30.3 Å². The van der Waals surface area contributed by atoms with Gasteiger partial charge in [0.1, 0.15) is 0 Å². The van der Waals surface area contributed by atoms with Crippen molar-refractivity contribution in [1.29, 1.82) is 0 Å². The summed E-state index contributed by atoms with van der Waals surface area (Å²) in [4.78, 5) is 28.9. The van der Waals surface area contributed by atoms with Gasteiger partial charge in [0.25, 0.3) is 0 Å². The van der Waals surface area contributed by atoms with Crippen molar-refractivity contribution in [3.8, 4) is 0 Å². The van der Waals surface area contributed by atoms with Crippen LogP contribution < -0.4 is 10.2 Å². The van der Waals surface area contributed by atoms with Crippen molar-refractivity contribution in [3.63, 3.8) is 0 Å². The van der Waals surface area contributed by atoms with Crippen molar-refractivity contribution in [2.24, 2.45) is 0 Å². The molecule has 0 saturated carbocycles. The monoisotopic (exact) mass is 357 g/mol. The molecule has 0 aliphatic carbocycles. The molecule has 0 bridgehead atoms. The van der Waals surface area contributed by atoms with Crippen LogP contribution in [-0.2, 0) is 9.59 Å². The number of carbonyl (C=O) groups is 2. The molecule has 0 unspecified atom stereocenters. The molecule has 2 amide bonds. The molecule has 6 heteroatoms. The Morgan fingerprint density at radius 2 is 1.60 bits per heavy atom. The van der Waals surface area contributed by atoms with Crippen LogP contribution in [-0.4, -0.2) is 50.2 Å². The van der Waals surface area contributed by atoms with E-state index in [1.165, 1.54) is 4.90 Å². The third-order valence-electron chi connectivity index (χ3n) is 3.76. The summed E-state index contributed by atoms with van der Waals surface area (Å²) in [5, 5.41) is 2.86. The van der Waals surface area contributed by atoms with Gasteiger partial charge in [-0.2, -0.15) is 0 Å². The fourth-order valence-corrected chi connectivity index (χ4v) is 2.89. The van der Waals surface area contributed by atoms with Gasteiger partial charge >= 0.3 is 0 Å². The number of anilines is 2. The maximum atomic E-state index is 12.3. The lowest BCUT2D eigenvalue weighted by Gasteiger charge is -2.23. The zero-order valence-corrected chi connectivity index (χ0v) is 15.5. The summed E-state index contributed by atoms with van der Waals surface area (Å²) in [6.07, 6.45) is 1.96. The van der Waals surface area contributed by atoms with Crippen LogP contribution >= 0.6 is 11.8 Å². The highest BCUT2D eigenvalue weighted by Crippen LogP contribution is 2.24. The number of hydrogen-bond donors (Lipinski definition) is 1. The number of rotatable bonds is 7. The van der Waals surface area contributed by atoms with E-state index in [-0.39, 0.29) is 24.9 Å². The van der Waals surface area contributed by atoms with Crippen molar-refractivity contribution in [3.05, 3.63) is 54.6 Å². The predicted octanol–water partition coefficient (Wildman–Crippen LogP) is 2.94. The van der Waals surface area contributed by atoms with Gasteiger partial charge in [-0.15, -0.1) is 11.8 Å². The van der Waals surface area contributed by atoms with Crippen LogP contribution in [0.4, 0.5) is 11.4 Å². The summed E-state index contributed by atoms with van der Waals surface area (Å²) in [6, 6.07) is 17.3. The number of likely N-dealkylation sites (N-methyl/N-ethyl adjacent to an activating group) is 2. The molecule has 0 radical (unpaired) electrons. The van der Waals surface area contributed by atoms with Crippen LogP contribution in [0.15, 0.2) is 59.5 Å². The molecular formula is C19H23N3O2S. The maximum absolute atomic E-state index is 12.3. The topological polar surface area (TPSA) is 52.7 Å². The first-order chi connectivity index (χ1) is 12.0. The number of nitrogens with one attached hydrogen (secondary N) is 1. The second-order valence-electron chi connectivity index (χ2n) is 5.69. The van der Waals surface area contributed by atoms with Gasteiger partial charge in [-0.25, -0.2) is 0 Å². The highest BCUT2D eigenvalue weighted by Gasteiger charge is 2.16. The van der Waals surface area contributed by atoms with Gasteiger partial charge in [-0.05, 0) is 30.5 Å². The van der Waals surface area contributed by atoms with Crippen molar-refractivity contribution < 1.29 is 9.59 Å². The Bertz CT molecular complexity index is 722. The van der Waals surface area contributed by atoms with Gasteiger partial charge in [0, 0.05) is 24.7 Å². The number of thioether (sulfide) groups is 1. The summed E-state index contributed by atoms with van der Waals surface area (Å²) >= 11 is 1.57. The molecule has 0 aliphatic rings. The molecule has 0 fully saturated rings. The summed E-state index contributed by atoms with van der Waals surface area (Å²) in [6.45, 7) is 0.235. The van der Waals surface area contributed by atoms with Gasteiger partial charge in [0.05, 0.1) is 18.8 Å². The minimum Gasteiger partial charge on any atom is -0.365 e. The molecule has 0 heterocycles. The van der Waals surface area contributed by atoms with Crippen molar-refractivity contribution in [1.82, 2.24) is 4.90 Å². The summed E-state index contributed by atoms with van der Waals surface area (Å²) in [7, 11) is 3.50. The maximum Gasteiger partial charge on any atom is 0.244 e. The quantitative estimate of drug-likeness (QED) is 0.774. The Hall–Kier alpha value is -2.47. The molecule has 5 nitrogen and oxygen atoms in total. The Morgan fingerprint density at radius 1 is 0.960 bits per heavy atom. The molecule has 1 N–H and O–H groups in total. The Kier molecular flexibility index (Phi) is 6.89. The fraction of sp³-hybridized carbons (Fsp3) is 0.263. The molecule has 25 heavy (non-hydrogen) atoms. The smallest absolute Gasteiger partial charge is 0.244 e. The lowest BCUT2D eigenvalue weighted by atomic mass is 10.3. The standard InChI is InChI=1S/C19H23N3O2S/c1-21(15-9-5-4-6-10-15)14-19(24)22(2)13-18(23)20-16-11-7-8-12-17(16)25-3/h4-12H,13-14H2,1-3H3,(H,20,23). The van der Waals surface area contributed by atoms with Crippen LogP contribution in [0.2, 0.25) is 0 Å². The van der Waals surface area contributed by atoms with E-state index in [2.05, 4.69) is 5.32 Å². The van der Waals surface area contributed by atoms with Gasteiger partial charge in [0.15, 0.2) is 0 Å². The van der Waals surface area contributed by atoms with Crippen molar-refractivity contribution in [2.45, 2.75) is 4.90 Å². The second kappa shape index (κ2) is 9.13. The van der Waals surface area contributed by atoms with E-state index in [0.29, 0.717) is 0 Å². The van der Waals surface area contributed by atoms with Crippen LogP contribution in [0.1, 0.15) is 0 Å². The zero-order chi connectivity index (χ0) is 18.2. The van der Waals surface area contributed by atoms with E-state index in [1.54, 1.807) is 18.8 Å². The zero-order valence-electron chi connectivity index (χ0n) is 14.7. The van der Waals surface area contributed by atoms with E-state index in [1.807, 2.05) is 72.8 Å². The predicted molar refractivity (Wildman–Crippen MR) is 104 cm³/mol. The highest BCUT2D eigenvalue weighted by atomic mass is 32.2. The highest BCUT2D eigenvalue weighted by molar-refractivity contribution is 7.98. The molecule has 0 spiro atoms. The van der Waals surface area contributed by atoms with E-state index < -0.39 is 0 Å². The van der Waals surface area contributed by atoms with Crippen LogP contribution in [0, 0.1) is 0 Å². The minimum atomic E-state index is -0.209. The number of hydrogen-bond acceptors (Lipinski definition) is 4. The van der Waals surface area contributed by atoms with Gasteiger partial charge in [-0.3, -0.25) is 9.59 Å². The first-order valence-electron chi connectivity index (χ1n) is 7.94. The lowest BCUT2D eigenvalue weighted by molar-refractivity contribution is -0.132. The molecule has 2 aromatic rings. The second-order valence-corrected chi connectivity index (χ2v) is 6.54. The van der Waals surface area contributed by atoms with E-state index in [4.69, 9.17) is 0 Å². The summed E-state index contributed by atoms with van der Waals surface area (Å²) in [5.74, 6) is -0.320. The molecule has 2 aromatic carbocycles. The first-order valence-corrected chi connectivity index (χ1v) is 9.16. The number of amides is 2. The SMILES string of the molecule is CSc1ccccc1NC(=O)CN(C)C(=O)CN(C)c1ccccc1. The van der Waals surface area contributed by atoms with Crippen LogP contribution in [0.25, 0.3) is 0 Å². The largest absolute Gasteiger partial charge is 0.365 e. The molecule has 132 valence electrons. The van der Waals surface area contributed by atoms with Crippen molar-refractivity contribution >= 4 is 35.0 Å². The van der Waals surface area contributed by atoms with E-state index >= 15 is 0 Å². The van der Waals surface area contributed by atoms with Crippen molar-refractivity contribution in [2.75, 3.05) is 43.7 Å². The van der Waals surface area contributed by atoms with E-state index in [0.717, 1.165) is 16.3 Å². The minimum absolute atomic E-state index is 0.0180. The average Bonchev–Trinajstić information content (AvgIpc) is 2.62. The number of carbonyl (C=O) groups excluding carboxylic acids is 2. The molecule has 0 aliphatic heterocycles. The van der Waals surface area contributed by atoms with Crippen LogP contribution in [0.5, 0.6) is 0 Å². The average molecular weight is 357 g/mol.